The number of aromatic nitrogens is 3. The van der Waals surface area contributed by atoms with Crippen LogP contribution in [0.3, 0.4) is 0 Å². The molecule has 0 bridgehead atoms. The predicted molar refractivity (Wildman–Crippen MR) is 148 cm³/mol. The first-order valence-corrected chi connectivity index (χ1v) is 14.2. The Morgan fingerprint density at radius 3 is 2.29 bits per heavy atom. The van der Waals surface area contributed by atoms with Gasteiger partial charge < -0.3 is 10.1 Å². The Balaban J connectivity index is 1.83. The van der Waals surface area contributed by atoms with E-state index >= 15 is 0 Å². The minimum Gasteiger partial charge on any atom is -0.428 e. The van der Waals surface area contributed by atoms with Crippen molar-refractivity contribution in [1.29, 1.82) is 0 Å². The fourth-order valence-corrected chi connectivity index (χ4v) is 4.97. The van der Waals surface area contributed by atoms with Gasteiger partial charge in [0.05, 0.1) is 5.69 Å². The zero-order valence-corrected chi connectivity index (χ0v) is 24.0. The minimum absolute atomic E-state index is 0.0452. The number of nitrogens with one attached hydrogen (secondary N) is 2. The summed E-state index contributed by atoms with van der Waals surface area (Å²) >= 11 is 2.21. The molecule has 0 aliphatic rings. The topological polar surface area (TPSA) is 89.0 Å². The van der Waals surface area contributed by atoms with E-state index in [0.717, 1.165) is 17.7 Å². The average Bonchev–Trinajstić information content (AvgIpc) is 3.42. The summed E-state index contributed by atoms with van der Waals surface area (Å²) in [7, 11) is 0. The maximum absolute atomic E-state index is 13.8. The van der Waals surface area contributed by atoms with Gasteiger partial charge >= 0.3 is 24.7 Å². The molecule has 2 heterocycles. The lowest BCUT2D eigenvalue weighted by molar-refractivity contribution is -0.253. The van der Waals surface area contributed by atoms with Crippen LogP contribution in [-0.2, 0) is 22.6 Å². The summed E-state index contributed by atoms with van der Waals surface area (Å²) in [6.07, 6.45) is -12.2. The number of amides is 2. The van der Waals surface area contributed by atoms with E-state index in [9.17, 15) is 35.5 Å². The third-order valence-electron chi connectivity index (χ3n) is 5.78. The van der Waals surface area contributed by atoms with Crippen LogP contribution in [0.15, 0.2) is 72.9 Å². The average molecular weight is 725 g/mol. The van der Waals surface area contributed by atoms with E-state index in [4.69, 9.17) is 0 Å². The standard InChI is InChI=1S/C26H19F7IN5O2S/c27-20(28)26(32,33)41-18-8-4-7-17(11-18)24(12-15-5-2-1-3-6-15,19-10-9-16(13-34)14-35-19)37-22(40)36-23-39-38-21(42-23)25(29,30)31/h1-11,14,20H,12-13H2,(H2,36,37,39,40)/t24-/m0/s1. The van der Waals surface area contributed by atoms with Crippen molar-refractivity contribution in [2.75, 3.05) is 5.32 Å². The number of urea groups is 1. The molecule has 2 aromatic carbocycles. The number of carbonyl (C=O) groups excluding carboxylic acids is 1. The fourth-order valence-electron chi connectivity index (χ4n) is 3.92. The summed E-state index contributed by atoms with van der Waals surface area (Å²) in [6, 6.07) is 15.7. The maximum atomic E-state index is 13.8. The zero-order chi connectivity index (χ0) is 30.5. The van der Waals surface area contributed by atoms with Crippen molar-refractivity contribution in [1.82, 2.24) is 20.5 Å². The number of hydrogen-bond acceptors (Lipinski definition) is 6. The second-order valence-corrected chi connectivity index (χ2v) is 10.5. The van der Waals surface area contributed by atoms with E-state index in [1.807, 2.05) is 0 Å². The van der Waals surface area contributed by atoms with Gasteiger partial charge in [0.25, 0.3) is 0 Å². The SMILES string of the molecule is O=C(Nc1nnc(C(F)(F)F)s1)N[C@@](Cc1ccccc1)(c1cccc(OC(F)(F)C(F)F)c1)c1ccc(CI)cn1. The first-order valence-electron chi connectivity index (χ1n) is 11.8. The van der Waals surface area contributed by atoms with E-state index in [-0.39, 0.29) is 29.0 Å². The van der Waals surface area contributed by atoms with Crippen LogP contribution in [0.5, 0.6) is 5.75 Å². The Kier molecular flexibility index (Phi) is 9.54. The van der Waals surface area contributed by atoms with Crippen LogP contribution in [0, 0.1) is 0 Å². The van der Waals surface area contributed by atoms with E-state index in [2.05, 4.69) is 53.1 Å². The van der Waals surface area contributed by atoms with Gasteiger partial charge in [0, 0.05) is 17.0 Å². The highest BCUT2D eigenvalue weighted by Crippen LogP contribution is 2.37. The molecule has 0 unspecified atom stereocenters. The van der Waals surface area contributed by atoms with Crippen molar-refractivity contribution in [3.05, 3.63) is 100 Å². The molecule has 2 N–H and O–H groups in total. The molecule has 4 rings (SSSR count). The lowest BCUT2D eigenvalue weighted by Crippen LogP contribution is -2.50. The second-order valence-electron chi connectivity index (χ2n) is 8.73. The third kappa shape index (κ3) is 7.45. The highest BCUT2D eigenvalue weighted by atomic mass is 127. The van der Waals surface area contributed by atoms with Crippen molar-refractivity contribution in [2.24, 2.45) is 0 Å². The molecule has 222 valence electrons. The number of benzene rings is 2. The largest absolute Gasteiger partial charge is 0.461 e. The highest BCUT2D eigenvalue weighted by molar-refractivity contribution is 14.1. The van der Waals surface area contributed by atoms with Crippen LogP contribution in [-0.4, -0.2) is 33.7 Å². The molecule has 0 fully saturated rings. The van der Waals surface area contributed by atoms with Gasteiger partial charge in [0.15, 0.2) is 0 Å². The monoisotopic (exact) mass is 725 g/mol. The Hall–Kier alpha value is -3.54. The molecule has 0 radical (unpaired) electrons. The number of carbonyl (C=O) groups is 1. The summed E-state index contributed by atoms with van der Waals surface area (Å²) in [5.41, 5.74) is 0.0940. The Morgan fingerprint density at radius 2 is 1.69 bits per heavy atom. The number of nitrogens with zero attached hydrogens (tertiary/aromatic N) is 3. The van der Waals surface area contributed by atoms with Crippen molar-refractivity contribution in [3.63, 3.8) is 0 Å². The van der Waals surface area contributed by atoms with Crippen molar-refractivity contribution < 1.29 is 40.3 Å². The number of halogens is 8. The molecular weight excluding hydrogens is 706 g/mol. The zero-order valence-electron chi connectivity index (χ0n) is 21.0. The van der Waals surface area contributed by atoms with Crippen molar-refractivity contribution in [2.45, 2.75) is 35.1 Å². The predicted octanol–water partition coefficient (Wildman–Crippen LogP) is 7.43. The smallest absolute Gasteiger partial charge is 0.428 e. The van der Waals surface area contributed by atoms with Crippen molar-refractivity contribution in [3.8, 4) is 5.75 Å². The van der Waals surface area contributed by atoms with Gasteiger partial charge in [-0.1, -0.05) is 82.5 Å². The van der Waals surface area contributed by atoms with E-state index in [0.29, 0.717) is 9.99 Å². The summed E-state index contributed by atoms with van der Waals surface area (Å²) in [5.74, 6) is -0.625. The molecule has 0 aliphatic heterocycles. The van der Waals surface area contributed by atoms with Gasteiger partial charge in [-0.25, -0.2) is 4.79 Å². The van der Waals surface area contributed by atoms with Gasteiger partial charge in [-0.2, -0.15) is 30.7 Å². The molecule has 2 amide bonds. The number of hydrogen-bond donors (Lipinski definition) is 2. The molecule has 0 spiro atoms. The summed E-state index contributed by atoms with van der Waals surface area (Å²) in [5, 5.41) is 9.59. The molecule has 42 heavy (non-hydrogen) atoms. The Bertz CT molecular complexity index is 1510. The molecule has 16 heteroatoms. The Labute approximate surface area is 251 Å². The first-order chi connectivity index (χ1) is 19.8. The molecule has 0 saturated carbocycles. The first kappa shape index (κ1) is 31.4. The number of pyridine rings is 1. The lowest BCUT2D eigenvalue weighted by atomic mass is 9.80. The van der Waals surface area contributed by atoms with Crippen LogP contribution in [0.4, 0.5) is 40.7 Å². The third-order valence-corrected chi connectivity index (χ3v) is 7.54. The Morgan fingerprint density at radius 1 is 0.952 bits per heavy atom. The highest BCUT2D eigenvalue weighted by Gasteiger charge is 2.45. The normalized spacial score (nSPS) is 13.5. The number of ether oxygens (including phenoxy) is 1. The molecule has 7 nitrogen and oxygen atoms in total. The van der Waals surface area contributed by atoms with E-state index in [1.165, 1.54) is 18.3 Å². The molecule has 0 aliphatic carbocycles. The molecular formula is C26H19F7IN5O2S. The van der Waals surface area contributed by atoms with Crippen LogP contribution < -0.4 is 15.4 Å². The molecule has 2 aromatic heterocycles. The lowest BCUT2D eigenvalue weighted by Gasteiger charge is -2.35. The molecule has 0 saturated heterocycles. The number of rotatable bonds is 10. The maximum Gasteiger partial charge on any atom is 0.461 e. The van der Waals surface area contributed by atoms with Gasteiger partial charge in [-0.15, -0.1) is 10.2 Å². The van der Waals surface area contributed by atoms with E-state index in [1.54, 1.807) is 42.5 Å². The van der Waals surface area contributed by atoms with Crippen molar-refractivity contribution >= 4 is 45.1 Å². The fraction of sp³-hybridized carbons (Fsp3) is 0.231. The van der Waals surface area contributed by atoms with Gasteiger partial charge in [0.1, 0.15) is 11.3 Å². The molecule has 1 atom stereocenters. The van der Waals surface area contributed by atoms with Crippen LogP contribution in [0.1, 0.15) is 27.4 Å². The molecule has 4 aromatic rings. The quantitative estimate of drug-likeness (QED) is 0.101. The number of anilines is 1. The minimum atomic E-state index is -4.81. The van der Waals surface area contributed by atoms with Gasteiger partial charge in [-0.05, 0) is 34.9 Å². The second kappa shape index (κ2) is 12.8. The van der Waals surface area contributed by atoms with Crippen LogP contribution >= 0.6 is 33.9 Å². The van der Waals surface area contributed by atoms with Gasteiger partial charge in [-0.3, -0.25) is 10.3 Å². The summed E-state index contributed by atoms with van der Waals surface area (Å²) in [4.78, 5) is 17.8. The number of alkyl halides is 8. The van der Waals surface area contributed by atoms with Gasteiger partial charge in [0.2, 0.25) is 10.1 Å². The van der Waals surface area contributed by atoms with Crippen LogP contribution in [0.25, 0.3) is 0 Å². The summed E-state index contributed by atoms with van der Waals surface area (Å²) in [6.45, 7) is 0. The van der Waals surface area contributed by atoms with Crippen LogP contribution in [0.2, 0.25) is 0 Å². The van der Waals surface area contributed by atoms with E-state index < -0.39 is 46.2 Å². The summed E-state index contributed by atoms with van der Waals surface area (Å²) < 4.78 is 97.3.